The maximum Gasteiger partial charge on any atom is 0.407 e. The number of carboxylic acid groups (broad SMARTS) is 1. The molecule has 2 aromatic carbocycles. The summed E-state index contributed by atoms with van der Waals surface area (Å²) in [5.41, 5.74) is 4.53. The van der Waals surface area contributed by atoms with Crippen molar-refractivity contribution in [2.45, 2.75) is 64.0 Å². The Morgan fingerprint density at radius 2 is 1.54 bits per heavy atom. The van der Waals surface area contributed by atoms with Gasteiger partial charge in [0.2, 0.25) is 5.91 Å². The van der Waals surface area contributed by atoms with E-state index in [1.807, 2.05) is 38.1 Å². The van der Waals surface area contributed by atoms with Crippen LogP contribution in [0.4, 0.5) is 4.79 Å². The van der Waals surface area contributed by atoms with Gasteiger partial charge < -0.3 is 20.5 Å². The minimum atomic E-state index is -0.886. The van der Waals surface area contributed by atoms with E-state index in [0.717, 1.165) is 41.5 Å². The van der Waals surface area contributed by atoms with Gasteiger partial charge in [0.25, 0.3) is 0 Å². The first-order valence-electron chi connectivity index (χ1n) is 12.5. The van der Waals surface area contributed by atoms with Crippen LogP contribution in [0.25, 0.3) is 11.1 Å². The molecule has 35 heavy (non-hydrogen) atoms. The van der Waals surface area contributed by atoms with Crippen LogP contribution < -0.4 is 10.6 Å². The van der Waals surface area contributed by atoms with E-state index in [0.29, 0.717) is 12.8 Å². The largest absolute Gasteiger partial charge is 0.481 e. The number of aliphatic carboxylic acids is 1. The Morgan fingerprint density at radius 1 is 0.943 bits per heavy atom. The Balaban J connectivity index is 1.40. The van der Waals surface area contributed by atoms with Crippen LogP contribution in [0.5, 0.6) is 0 Å². The highest BCUT2D eigenvalue weighted by atomic mass is 16.5. The van der Waals surface area contributed by atoms with Gasteiger partial charge in [-0.05, 0) is 41.0 Å². The maximum atomic E-state index is 13.1. The molecule has 186 valence electrons. The molecular weight excluding hydrogens is 444 g/mol. The highest BCUT2D eigenvalue weighted by Gasteiger charge is 2.34. The van der Waals surface area contributed by atoms with Crippen LogP contribution in [-0.4, -0.2) is 41.8 Å². The molecule has 2 aliphatic carbocycles. The third-order valence-corrected chi connectivity index (χ3v) is 7.23. The SMILES string of the molecule is CC(C)[C@@H](NC(=O)OCC1c2ccccc2-c2ccccc21)C(=O)NC1CCCCCC1C(=O)O. The molecule has 1 saturated carbocycles. The zero-order chi connectivity index (χ0) is 24.9. The van der Waals surface area contributed by atoms with Gasteiger partial charge in [-0.2, -0.15) is 0 Å². The van der Waals surface area contributed by atoms with Crippen molar-refractivity contribution < 1.29 is 24.2 Å². The first-order valence-corrected chi connectivity index (χ1v) is 12.5. The molecule has 1 fully saturated rings. The molecule has 2 aromatic rings. The highest BCUT2D eigenvalue weighted by molar-refractivity contribution is 5.87. The number of hydrogen-bond donors (Lipinski definition) is 3. The van der Waals surface area contributed by atoms with E-state index < -0.39 is 30.1 Å². The number of carbonyl (C=O) groups excluding carboxylic acids is 2. The fourth-order valence-electron chi connectivity index (χ4n) is 5.35. The van der Waals surface area contributed by atoms with Gasteiger partial charge in [-0.25, -0.2) is 4.79 Å². The van der Waals surface area contributed by atoms with Crippen LogP contribution in [0.15, 0.2) is 48.5 Å². The van der Waals surface area contributed by atoms with Gasteiger partial charge in [0.1, 0.15) is 12.6 Å². The van der Waals surface area contributed by atoms with Gasteiger partial charge in [0, 0.05) is 12.0 Å². The number of carbonyl (C=O) groups is 3. The van der Waals surface area contributed by atoms with Gasteiger partial charge in [-0.3, -0.25) is 9.59 Å². The van der Waals surface area contributed by atoms with Crippen LogP contribution in [0.3, 0.4) is 0 Å². The van der Waals surface area contributed by atoms with Crippen LogP contribution in [0, 0.1) is 11.8 Å². The number of nitrogens with one attached hydrogen (secondary N) is 2. The number of hydrogen-bond acceptors (Lipinski definition) is 4. The van der Waals surface area contributed by atoms with Crippen molar-refractivity contribution in [3.63, 3.8) is 0 Å². The van der Waals surface area contributed by atoms with Crippen LogP contribution in [0.1, 0.15) is 63.0 Å². The number of carboxylic acids is 1. The summed E-state index contributed by atoms with van der Waals surface area (Å²) in [6.07, 6.45) is 3.19. The second-order valence-corrected chi connectivity index (χ2v) is 9.89. The Hall–Kier alpha value is -3.35. The molecule has 4 rings (SSSR count). The van der Waals surface area contributed by atoms with E-state index in [1.54, 1.807) is 0 Å². The van der Waals surface area contributed by atoms with Gasteiger partial charge >= 0.3 is 12.1 Å². The summed E-state index contributed by atoms with van der Waals surface area (Å²) in [5.74, 6) is -2.12. The fraction of sp³-hybridized carbons (Fsp3) is 0.464. The molecule has 7 nitrogen and oxygen atoms in total. The summed E-state index contributed by atoms with van der Waals surface area (Å²) < 4.78 is 5.62. The van der Waals surface area contributed by atoms with Crippen molar-refractivity contribution in [1.29, 1.82) is 0 Å². The second-order valence-electron chi connectivity index (χ2n) is 9.89. The Morgan fingerprint density at radius 3 is 2.14 bits per heavy atom. The molecule has 2 unspecified atom stereocenters. The molecule has 0 heterocycles. The van der Waals surface area contributed by atoms with E-state index >= 15 is 0 Å². The number of ether oxygens (including phenoxy) is 1. The Bertz CT molecular complexity index is 1040. The van der Waals surface area contributed by atoms with Crippen LogP contribution in [-0.2, 0) is 14.3 Å². The van der Waals surface area contributed by atoms with Crippen molar-refractivity contribution in [1.82, 2.24) is 10.6 Å². The third kappa shape index (κ3) is 5.50. The summed E-state index contributed by atoms with van der Waals surface area (Å²) in [4.78, 5) is 37.6. The predicted octanol–water partition coefficient (Wildman–Crippen LogP) is 4.70. The third-order valence-electron chi connectivity index (χ3n) is 7.23. The van der Waals surface area contributed by atoms with Gasteiger partial charge in [0.15, 0.2) is 0 Å². The highest BCUT2D eigenvalue weighted by Crippen LogP contribution is 2.44. The lowest BCUT2D eigenvalue weighted by atomic mass is 9.94. The van der Waals surface area contributed by atoms with Crippen molar-refractivity contribution in [2.75, 3.05) is 6.61 Å². The van der Waals surface area contributed by atoms with Crippen molar-refractivity contribution >= 4 is 18.0 Å². The van der Waals surface area contributed by atoms with Crippen LogP contribution in [0.2, 0.25) is 0 Å². The summed E-state index contributed by atoms with van der Waals surface area (Å²) in [6, 6.07) is 15.0. The smallest absolute Gasteiger partial charge is 0.407 e. The normalized spacial score (nSPS) is 20.3. The average Bonchev–Trinajstić information content (AvgIpc) is 2.97. The molecule has 0 saturated heterocycles. The first-order chi connectivity index (χ1) is 16.9. The topological polar surface area (TPSA) is 105 Å². The van der Waals surface area contributed by atoms with Crippen molar-refractivity contribution in [2.24, 2.45) is 11.8 Å². The van der Waals surface area contributed by atoms with Gasteiger partial charge in [-0.15, -0.1) is 0 Å². The molecular formula is C28H34N2O5. The number of fused-ring (bicyclic) bond motifs is 3. The zero-order valence-corrected chi connectivity index (χ0v) is 20.3. The average molecular weight is 479 g/mol. The number of alkyl carbamates (subject to hydrolysis) is 1. The quantitative estimate of drug-likeness (QED) is 0.501. The van der Waals surface area contributed by atoms with E-state index in [-0.39, 0.29) is 24.3 Å². The summed E-state index contributed by atoms with van der Waals surface area (Å²) in [6.45, 7) is 3.85. The molecule has 7 heteroatoms. The predicted molar refractivity (Wildman–Crippen MR) is 133 cm³/mol. The van der Waals surface area contributed by atoms with Crippen LogP contribution >= 0.6 is 0 Å². The summed E-state index contributed by atoms with van der Waals surface area (Å²) in [5, 5.41) is 15.2. The standard InChI is InChI=1S/C28H34N2O5/c1-17(2)25(26(31)29-24-15-5-3-4-14-22(24)27(32)33)30-28(34)35-16-23-20-12-8-6-10-18(20)19-11-7-9-13-21(19)23/h6-13,17,22-25H,3-5,14-16H2,1-2H3,(H,29,31)(H,30,34)(H,32,33)/t22?,24?,25-/m1/s1. The maximum absolute atomic E-state index is 13.1. The number of benzene rings is 2. The van der Waals surface area contributed by atoms with Gasteiger partial charge in [-0.1, -0.05) is 81.6 Å². The second kappa shape index (κ2) is 10.9. The van der Waals surface area contributed by atoms with E-state index in [1.165, 1.54) is 0 Å². The lowest BCUT2D eigenvalue weighted by molar-refractivity contribution is -0.143. The zero-order valence-electron chi connectivity index (χ0n) is 20.3. The molecule has 3 N–H and O–H groups in total. The molecule has 2 amide bonds. The Kier molecular flexibility index (Phi) is 7.73. The van der Waals surface area contributed by atoms with E-state index in [9.17, 15) is 19.5 Å². The number of amides is 2. The monoisotopic (exact) mass is 478 g/mol. The van der Waals surface area contributed by atoms with Gasteiger partial charge in [0.05, 0.1) is 5.92 Å². The van der Waals surface area contributed by atoms with Crippen molar-refractivity contribution in [3.05, 3.63) is 59.7 Å². The fourth-order valence-corrected chi connectivity index (χ4v) is 5.35. The molecule has 0 bridgehead atoms. The minimum absolute atomic E-state index is 0.0678. The number of rotatable bonds is 7. The minimum Gasteiger partial charge on any atom is -0.481 e. The molecule has 0 aromatic heterocycles. The molecule has 0 aliphatic heterocycles. The molecule has 2 aliphatic rings. The lowest BCUT2D eigenvalue weighted by Gasteiger charge is -2.27. The lowest BCUT2D eigenvalue weighted by Crippen LogP contribution is -2.54. The van der Waals surface area contributed by atoms with Crippen molar-refractivity contribution in [3.8, 4) is 11.1 Å². The first kappa shape index (κ1) is 24.8. The summed E-state index contributed by atoms with van der Waals surface area (Å²) in [7, 11) is 0. The molecule has 0 spiro atoms. The van der Waals surface area contributed by atoms with E-state index in [4.69, 9.17) is 4.74 Å². The molecule has 0 radical (unpaired) electrons. The Labute approximate surface area is 206 Å². The van der Waals surface area contributed by atoms with E-state index in [2.05, 4.69) is 34.9 Å². The molecule has 3 atom stereocenters. The summed E-state index contributed by atoms with van der Waals surface area (Å²) >= 11 is 0.